The predicted molar refractivity (Wildman–Crippen MR) is 73.4 cm³/mol. The summed E-state index contributed by atoms with van der Waals surface area (Å²) >= 11 is 0. The number of hydrogen-bond acceptors (Lipinski definition) is 2. The van der Waals surface area contributed by atoms with Gasteiger partial charge in [-0.05, 0) is 43.7 Å². The molecule has 0 spiro atoms. The first-order valence-electron chi connectivity index (χ1n) is 6.85. The van der Waals surface area contributed by atoms with Crippen molar-refractivity contribution in [2.24, 2.45) is 5.92 Å². The number of fused-ring (bicyclic) bond motifs is 1. The Morgan fingerprint density at radius 2 is 2.05 bits per heavy atom. The van der Waals surface area contributed by atoms with E-state index in [0.717, 1.165) is 24.3 Å². The first-order chi connectivity index (χ1) is 9.16. The fourth-order valence-electron chi connectivity index (χ4n) is 3.04. The van der Waals surface area contributed by atoms with Gasteiger partial charge >= 0.3 is 5.97 Å². The largest absolute Gasteiger partial charge is 0.478 e. The second kappa shape index (κ2) is 4.68. The van der Waals surface area contributed by atoms with E-state index in [-0.39, 0.29) is 0 Å². The lowest BCUT2D eigenvalue weighted by molar-refractivity contribution is 0.0699. The maximum absolute atomic E-state index is 11.2. The molecule has 0 bridgehead atoms. The van der Waals surface area contributed by atoms with Gasteiger partial charge in [0, 0.05) is 6.04 Å². The Kier molecular flexibility index (Phi) is 3.01. The summed E-state index contributed by atoms with van der Waals surface area (Å²) in [5.74, 6) is -0.103. The van der Waals surface area contributed by atoms with Crippen LogP contribution < -0.4 is 0 Å². The third kappa shape index (κ3) is 2.11. The van der Waals surface area contributed by atoms with E-state index in [9.17, 15) is 9.90 Å². The van der Waals surface area contributed by atoms with Gasteiger partial charge in [0.15, 0.2) is 0 Å². The van der Waals surface area contributed by atoms with E-state index in [1.165, 1.54) is 12.8 Å². The van der Waals surface area contributed by atoms with E-state index in [4.69, 9.17) is 0 Å². The van der Waals surface area contributed by atoms with Crippen LogP contribution in [0.5, 0.6) is 0 Å². The lowest BCUT2D eigenvalue weighted by Crippen LogP contribution is -2.16. The molecule has 0 unspecified atom stereocenters. The predicted octanol–water partition coefficient (Wildman–Crippen LogP) is 3.49. The van der Waals surface area contributed by atoms with Gasteiger partial charge in [-0.25, -0.2) is 9.78 Å². The van der Waals surface area contributed by atoms with Crippen LogP contribution in [0.15, 0.2) is 24.5 Å². The van der Waals surface area contributed by atoms with E-state index in [2.05, 4.69) is 16.5 Å². The minimum atomic E-state index is -0.909. The zero-order valence-corrected chi connectivity index (χ0v) is 11.0. The van der Waals surface area contributed by atoms with Crippen LogP contribution in [0.4, 0.5) is 0 Å². The van der Waals surface area contributed by atoms with Crippen molar-refractivity contribution >= 4 is 17.0 Å². The van der Waals surface area contributed by atoms with Crippen molar-refractivity contribution in [3.05, 3.63) is 30.1 Å². The molecule has 19 heavy (non-hydrogen) atoms. The summed E-state index contributed by atoms with van der Waals surface area (Å²) < 4.78 is 2.16. The van der Waals surface area contributed by atoms with E-state index >= 15 is 0 Å². The number of nitrogens with zero attached hydrogens (tertiary/aromatic N) is 2. The molecule has 4 nitrogen and oxygen atoms in total. The van der Waals surface area contributed by atoms with Crippen molar-refractivity contribution < 1.29 is 9.90 Å². The van der Waals surface area contributed by atoms with Gasteiger partial charge < -0.3 is 9.67 Å². The lowest BCUT2D eigenvalue weighted by atomic mass is 9.87. The van der Waals surface area contributed by atoms with Crippen molar-refractivity contribution in [2.75, 3.05) is 0 Å². The van der Waals surface area contributed by atoms with Crippen LogP contribution in [-0.4, -0.2) is 20.6 Å². The van der Waals surface area contributed by atoms with E-state index < -0.39 is 5.97 Å². The molecule has 1 aliphatic rings. The molecule has 0 aliphatic heterocycles. The minimum absolute atomic E-state index is 0.292. The number of imidazole rings is 1. The Labute approximate surface area is 112 Å². The molecule has 3 rings (SSSR count). The topological polar surface area (TPSA) is 55.1 Å². The van der Waals surface area contributed by atoms with Gasteiger partial charge in [-0.15, -0.1) is 0 Å². The summed E-state index contributed by atoms with van der Waals surface area (Å²) in [5, 5.41) is 9.19. The van der Waals surface area contributed by atoms with Gasteiger partial charge in [0.05, 0.1) is 17.4 Å². The molecule has 1 heterocycles. The molecule has 4 heteroatoms. The van der Waals surface area contributed by atoms with Gasteiger partial charge in [-0.2, -0.15) is 0 Å². The number of carboxylic acid groups (broad SMARTS) is 1. The highest BCUT2D eigenvalue weighted by molar-refractivity contribution is 6.00. The number of benzene rings is 1. The molecule has 1 aromatic carbocycles. The maximum Gasteiger partial charge on any atom is 0.337 e. The molecule has 1 saturated carbocycles. The fourth-order valence-corrected chi connectivity index (χ4v) is 3.04. The molecular formula is C15H18N2O2. The van der Waals surface area contributed by atoms with Gasteiger partial charge in [0.2, 0.25) is 0 Å². The van der Waals surface area contributed by atoms with Gasteiger partial charge in [0.25, 0.3) is 0 Å². The second-order valence-corrected chi connectivity index (χ2v) is 5.54. The van der Waals surface area contributed by atoms with Crippen LogP contribution in [0.1, 0.15) is 49.0 Å². The molecule has 1 N–H and O–H groups in total. The molecule has 1 fully saturated rings. The van der Waals surface area contributed by atoms with Crippen molar-refractivity contribution in [2.45, 2.75) is 38.6 Å². The van der Waals surface area contributed by atoms with Crippen LogP contribution in [0.2, 0.25) is 0 Å². The molecule has 0 amide bonds. The molecule has 100 valence electrons. The molecule has 0 saturated heterocycles. The molecule has 2 aromatic rings. The minimum Gasteiger partial charge on any atom is -0.478 e. The van der Waals surface area contributed by atoms with Gasteiger partial charge in [0.1, 0.15) is 5.52 Å². The normalized spacial score (nSPS) is 23.6. The second-order valence-electron chi connectivity index (χ2n) is 5.54. The average Bonchev–Trinajstić information content (AvgIpc) is 2.83. The van der Waals surface area contributed by atoms with Gasteiger partial charge in [-0.1, -0.05) is 13.0 Å². The van der Waals surface area contributed by atoms with Crippen LogP contribution in [0, 0.1) is 5.92 Å². The highest BCUT2D eigenvalue weighted by Gasteiger charge is 2.22. The number of aromatic nitrogens is 2. The number of rotatable bonds is 2. The van der Waals surface area contributed by atoms with Crippen LogP contribution in [0.3, 0.4) is 0 Å². The Hall–Kier alpha value is -1.84. The van der Waals surface area contributed by atoms with Crippen LogP contribution >= 0.6 is 0 Å². The summed E-state index contributed by atoms with van der Waals surface area (Å²) in [5.41, 5.74) is 1.84. The van der Waals surface area contributed by atoms with Crippen molar-refractivity contribution in [3.63, 3.8) is 0 Å². The van der Waals surface area contributed by atoms with E-state index in [0.29, 0.717) is 17.1 Å². The van der Waals surface area contributed by atoms with Crippen molar-refractivity contribution in [1.82, 2.24) is 9.55 Å². The zero-order valence-electron chi connectivity index (χ0n) is 11.0. The Morgan fingerprint density at radius 3 is 2.74 bits per heavy atom. The van der Waals surface area contributed by atoms with Crippen LogP contribution in [-0.2, 0) is 0 Å². The molecular weight excluding hydrogens is 240 g/mol. The number of hydrogen-bond donors (Lipinski definition) is 1. The monoisotopic (exact) mass is 258 g/mol. The number of carboxylic acids is 1. The third-order valence-corrected chi connectivity index (χ3v) is 4.21. The van der Waals surface area contributed by atoms with Crippen LogP contribution in [0.25, 0.3) is 11.0 Å². The van der Waals surface area contributed by atoms with Crippen molar-refractivity contribution in [3.8, 4) is 0 Å². The van der Waals surface area contributed by atoms with Gasteiger partial charge in [-0.3, -0.25) is 0 Å². The quantitative estimate of drug-likeness (QED) is 0.897. The Bertz CT molecular complexity index is 610. The van der Waals surface area contributed by atoms with E-state index in [1.54, 1.807) is 18.5 Å². The first kappa shape index (κ1) is 12.2. The summed E-state index contributed by atoms with van der Waals surface area (Å²) in [6.07, 6.45) is 6.59. The molecule has 1 aliphatic carbocycles. The third-order valence-electron chi connectivity index (χ3n) is 4.21. The standard InChI is InChI=1S/C15H18N2O2/c1-10-5-7-11(8-6-10)17-9-16-14-12(15(18)19)3-2-4-13(14)17/h2-4,9-11H,5-8H2,1H3,(H,18,19). The lowest BCUT2D eigenvalue weighted by Gasteiger charge is -2.27. The summed E-state index contributed by atoms with van der Waals surface area (Å²) in [6.45, 7) is 2.30. The average molecular weight is 258 g/mol. The molecule has 1 aromatic heterocycles. The van der Waals surface area contributed by atoms with E-state index in [1.807, 2.05) is 6.07 Å². The number of carbonyl (C=O) groups is 1. The highest BCUT2D eigenvalue weighted by atomic mass is 16.4. The fraction of sp³-hybridized carbons (Fsp3) is 0.467. The Balaban J connectivity index is 2.01. The maximum atomic E-state index is 11.2. The highest BCUT2D eigenvalue weighted by Crippen LogP contribution is 2.34. The van der Waals surface area contributed by atoms with Crippen molar-refractivity contribution in [1.29, 1.82) is 0 Å². The molecule has 0 radical (unpaired) electrons. The summed E-state index contributed by atoms with van der Waals surface area (Å²) in [4.78, 5) is 15.5. The molecule has 0 atom stereocenters. The number of para-hydroxylation sites is 1. The number of aromatic carboxylic acids is 1. The summed E-state index contributed by atoms with van der Waals surface area (Å²) in [6, 6.07) is 5.85. The first-order valence-corrected chi connectivity index (χ1v) is 6.85. The Morgan fingerprint density at radius 1 is 1.32 bits per heavy atom. The smallest absolute Gasteiger partial charge is 0.337 e. The summed E-state index contributed by atoms with van der Waals surface area (Å²) in [7, 11) is 0. The zero-order chi connectivity index (χ0) is 13.4. The SMILES string of the molecule is CC1CCC(n2cnc3c(C(=O)O)cccc32)CC1.